The second kappa shape index (κ2) is 8.76. The molecule has 2 aromatic heterocycles. The molecule has 1 aliphatic heterocycles. The molecule has 3 aromatic rings. The molecule has 150 valence electrons. The molecule has 0 saturated carbocycles. The van der Waals surface area contributed by atoms with Crippen LogP contribution in [0.4, 0.5) is 5.69 Å². The molecular formula is C20H27ClN6S. The first-order chi connectivity index (χ1) is 13.7. The summed E-state index contributed by atoms with van der Waals surface area (Å²) in [6.07, 6.45) is 4.10. The van der Waals surface area contributed by atoms with Gasteiger partial charge in [-0.25, -0.2) is 4.98 Å². The second-order valence-corrected chi connectivity index (χ2v) is 8.96. The number of halogens is 1. The normalized spacial score (nSPS) is 15.8. The van der Waals surface area contributed by atoms with Crippen molar-refractivity contribution in [1.82, 2.24) is 25.1 Å². The predicted octanol–water partition coefficient (Wildman–Crippen LogP) is 4.54. The molecule has 1 saturated heterocycles. The van der Waals surface area contributed by atoms with Crippen LogP contribution < -0.4 is 4.90 Å². The second-order valence-electron chi connectivity index (χ2n) is 7.26. The van der Waals surface area contributed by atoms with E-state index in [0.29, 0.717) is 5.25 Å². The average Bonchev–Trinajstić information content (AvgIpc) is 3.35. The van der Waals surface area contributed by atoms with Crippen LogP contribution in [-0.2, 0) is 6.54 Å². The highest BCUT2D eigenvalue weighted by Crippen LogP contribution is 2.33. The van der Waals surface area contributed by atoms with Crippen LogP contribution in [0, 0.1) is 0 Å². The maximum atomic E-state index is 6.63. The molecule has 1 fully saturated rings. The summed E-state index contributed by atoms with van der Waals surface area (Å²) in [7, 11) is 0. The summed E-state index contributed by atoms with van der Waals surface area (Å²) in [5, 5.41) is 9.44. The molecule has 0 unspecified atom stereocenters. The number of aromatic amines is 2. The number of aromatic nitrogens is 4. The Morgan fingerprint density at radius 1 is 1.18 bits per heavy atom. The maximum absolute atomic E-state index is 6.63. The zero-order valence-electron chi connectivity index (χ0n) is 16.4. The van der Waals surface area contributed by atoms with Gasteiger partial charge in [-0.3, -0.25) is 10.00 Å². The fourth-order valence-corrected chi connectivity index (χ4v) is 4.92. The third kappa shape index (κ3) is 4.31. The minimum Gasteiger partial charge on any atom is -0.368 e. The minimum atomic E-state index is 0.596. The predicted molar refractivity (Wildman–Crippen MR) is 117 cm³/mol. The van der Waals surface area contributed by atoms with Crippen molar-refractivity contribution < 1.29 is 0 Å². The van der Waals surface area contributed by atoms with E-state index in [1.807, 2.05) is 23.9 Å². The summed E-state index contributed by atoms with van der Waals surface area (Å²) in [5.41, 5.74) is 4.25. The fourth-order valence-electron chi connectivity index (χ4n) is 3.67. The zero-order valence-corrected chi connectivity index (χ0v) is 18.0. The number of H-pyrrole nitrogens is 2. The van der Waals surface area contributed by atoms with E-state index >= 15 is 0 Å². The van der Waals surface area contributed by atoms with Crippen LogP contribution >= 0.6 is 23.4 Å². The monoisotopic (exact) mass is 418 g/mol. The third-order valence-electron chi connectivity index (χ3n) is 5.38. The molecule has 0 aliphatic carbocycles. The molecule has 0 radical (unpaired) electrons. The van der Waals surface area contributed by atoms with E-state index in [1.54, 1.807) is 6.20 Å². The van der Waals surface area contributed by atoms with E-state index in [2.05, 4.69) is 44.9 Å². The van der Waals surface area contributed by atoms with Gasteiger partial charge in [-0.05, 0) is 31.0 Å². The lowest BCUT2D eigenvalue weighted by atomic mass is 10.2. The number of rotatable bonds is 7. The number of hydrogen-bond acceptors (Lipinski definition) is 5. The highest BCUT2D eigenvalue weighted by Gasteiger charge is 2.21. The minimum absolute atomic E-state index is 0.596. The van der Waals surface area contributed by atoms with Crippen LogP contribution in [0.15, 0.2) is 29.6 Å². The molecule has 8 heteroatoms. The molecule has 3 heterocycles. The third-order valence-corrected chi connectivity index (χ3v) is 7.10. The summed E-state index contributed by atoms with van der Waals surface area (Å²) in [4.78, 5) is 13.0. The molecule has 2 N–H and O–H groups in total. The SMILES string of the molecule is CCC(CC)Sc1nc2cc(N3CCN(Cc4ccn[nH]4)CC3)c(Cl)cc2[nH]1. The number of anilines is 1. The quantitative estimate of drug-likeness (QED) is 0.551. The van der Waals surface area contributed by atoms with Crippen molar-refractivity contribution in [3.63, 3.8) is 0 Å². The first-order valence-electron chi connectivity index (χ1n) is 9.97. The highest BCUT2D eigenvalue weighted by atomic mass is 35.5. The van der Waals surface area contributed by atoms with Gasteiger partial charge in [0.2, 0.25) is 0 Å². The van der Waals surface area contributed by atoms with Crippen molar-refractivity contribution in [2.45, 2.75) is 43.6 Å². The highest BCUT2D eigenvalue weighted by molar-refractivity contribution is 7.99. The number of benzene rings is 1. The van der Waals surface area contributed by atoms with Crippen molar-refractivity contribution in [2.24, 2.45) is 0 Å². The summed E-state index contributed by atoms with van der Waals surface area (Å²) in [6.45, 7) is 9.29. The number of piperazine rings is 1. The van der Waals surface area contributed by atoms with Gasteiger partial charge < -0.3 is 9.88 Å². The van der Waals surface area contributed by atoms with E-state index < -0.39 is 0 Å². The summed E-state index contributed by atoms with van der Waals surface area (Å²) in [5.74, 6) is 0. The van der Waals surface area contributed by atoms with E-state index in [0.717, 1.165) is 78.2 Å². The van der Waals surface area contributed by atoms with Crippen molar-refractivity contribution in [3.8, 4) is 0 Å². The van der Waals surface area contributed by atoms with Crippen molar-refractivity contribution >= 4 is 40.1 Å². The van der Waals surface area contributed by atoms with E-state index in [9.17, 15) is 0 Å². The van der Waals surface area contributed by atoms with Gasteiger partial charge in [-0.15, -0.1) is 0 Å². The van der Waals surface area contributed by atoms with Crippen LogP contribution in [0.3, 0.4) is 0 Å². The number of nitrogens with zero attached hydrogens (tertiary/aromatic N) is 4. The van der Waals surface area contributed by atoms with Gasteiger partial charge in [0, 0.05) is 49.9 Å². The Bertz CT molecular complexity index is 897. The van der Waals surface area contributed by atoms with Crippen molar-refractivity contribution in [2.75, 3.05) is 31.1 Å². The van der Waals surface area contributed by atoms with Crippen LogP contribution in [0.2, 0.25) is 5.02 Å². The molecule has 0 bridgehead atoms. The summed E-state index contributed by atoms with van der Waals surface area (Å²) in [6, 6.07) is 6.19. The smallest absolute Gasteiger partial charge is 0.166 e. The Hall–Kier alpha value is -1.70. The van der Waals surface area contributed by atoms with E-state index in [4.69, 9.17) is 16.6 Å². The van der Waals surface area contributed by atoms with Crippen LogP contribution in [-0.4, -0.2) is 56.5 Å². The number of imidazole rings is 1. The van der Waals surface area contributed by atoms with Gasteiger partial charge in [0.05, 0.1) is 21.7 Å². The molecular weight excluding hydrogens is 392 g/mol. The lowest BCUT2D eigenvalue weighted by Crippen LogP contribution is -2.46. The van der Waals surface area contributed by atoms with Gasteiger partial charge in [0.15, 0.2) is 5.16 Å². The lowest BCUT2D eigenvalue weighted by Gasteiger charge is -2.36. The summed E-state index contributed by atoms with van der Waals surface area (Å²) >= 11 is 8.46. The Labute approximate surface area is 175 Å². The van der Waals surface area contributed by atoms with Crippen LogP contribution in [0.25, 0.3) is 11.0 Å². The molecule has 28 heavy (non-hydrogen) atoms. The van der Waals surface area contributed by atoms with Gasteiger partial charge in [-0.1, -0.05) is 37.2 Å². The number of thioether (sulfide) groups is 1. The van der Waals surface area contributed by atoms with Crippen LogP contribution in [0.5, 0.6) is 0 Å². The van der Waals surface area contributed by atoms with E-state index in [1.165, 1.54) is 0 Å². The number of hydrogen-bond donors (Lipinski definition) is 2. The van der Waals surface area contributed by atoms with Gasteiger partial charge in [0.1, 0.15) is 0 Å². The molecule has 0 atom stereocenters. The van der Waals surface area contributed by atoms with Crippen molar-refractivity contribution in [1.29, 1.82) is 0 Å². The topological polar surface area (TPSA) is 63.8 Å². The van der Waals surface area contributed by atoms with E-state index in [-0.39, 0.29) is 0 Å². The summed E-state index contributed by atoms with van der Waals surface area (Å²) < 4.78 is 0. The standard InChI is InChI=1S/C20H27ClN6S/c1-3-15(4-2)28-20-23-17-11-16(21)19(12-18(17)24-20)27-9-7-26(8-10-27)13-14-5-6-22-25-14/h5-6,11-12,15H,3-4,7-10,13H2,1-2H3,(H,22,25)(H,23,24). The zero-order chi connectivity index (χ0) is 19.5. The largest absolute Gasteiger partial charge is 0.368 e. The average molecular weight is 419 g/mol. The van der Waals surface area contributed by atoms with Gasteiger partial charge in [-0.2, -0.15) is 5.10 Å². The molecule has 6 nitrogen and oxygen atoms in total. The van der Waals surface area contributed by atoms with Gasteiger partial charge >= 0.3 is 0 Å². The number of nitrogens with one attached hydrogen (secondary N) is 2. The fraction of sp³-hybridized carbons (Fsp3) is 0.500. The molecule has 1 aliphatic rings. The molecule has 0 amide bonds. The molecule has 0 spiro atoms. The van der Waals surface area contributed by atoms with Crippen LogP contribution in [0.1, 0.15) is 32.4 Å². The Morgan fingerprint density at radius 2 is 1.96 bits per heavy atom. The first kappa shape index (κ1) is 19.6. The first-order valence-corrected chi connectivity index (χ1v) is 11.2. The van der Waals surface area contributed by atoms with Gasteiger partial charge in [0.25, 0.3) is 0 Å². The van der Waals surface area contributed by atoms with Crippen molar-refractivity contribution in [3.05, 3.63) is 35.1 Å². The molecule has 4 rings (SSSR count). The Balaban J connectivity index is 1.45. The maximum Gasteiger partial charge on any atom is 0.166 e. The Kier molecular flexibility index (Phi) is 6.13. The number of fused-ring (bicyclic) bond motifs is 1. The lowest BCUT2D eigenvalue weighted by molar-refractivity contribution is 0.247. The molecule has 1 aromatic carbocycles. The Morgan fingerprint density at radius 3 is 2.64 bits per heavy atom.